The van der Waals surface area contributed by atoms with Crippen molar-refractivity contribution in [2.24, 2.45) is 10.1 Å². The lowest BCUT2D eigenvalue weighted by molar-refractivity contribution is -0.116. The monoisotopic (exact) mass is 370 g/mol. The normalized spacial score (nSPS) is 18.7. The lowest BCUT2D eigenvalue weighted by Gasteiger charge is -2.32. The first-order valence-electron chi connectivity index (χ1n) is 7.85. The zero-order valence-corrected chi connectivity index (χ0v) is 15.0. The van der Waals surface area contributed by atoms with Crippen LogP contribution in [0.1, 0.15) is 12.5 Å². The number of hydrogen-bond donors (Lipinski definition) is 1. The zero-order valence-electron chi connectivity index (χ0n) is 13.4. The lowest BCUT2D eigenvalue weighted by atomic mass is 10.2. The van der Waals surface area contributed by atoms with E-state index in [1.165, 1.54) is 11.8 Å². The number of amides is 1. The maximum atomic E-state index is 12.7. The summed E-state index contributed by atoms with van der Waals surface area (Å²) in [5.41, 5.74) is 1.66. The molecule has 4 rings (SSSR count). The van der Waals surface area contributed by atoms with Gasteiger partial charge in [0.25, 0.3) is 5.91 Å². The molecule has 2 aliphatic rings. The fourth-order valence-electron chi connectivity index (χ4n) is 2.79. The first-order chi connectivity index (χ1) is 12.1. The Hall–Kier alpha value is -2.31. The summed E-state index contributed by atoms with van der Waals surface area (Å²) in [7, 11) is 0. The number of rotatable bonds is 2. The minimum Gasteiger partial charge on any atom is -0.298 e. The van der Waals surface area contributed by atoms with Gasteiger partial charge in [0.1, 0.15) is 11.9 Å². The molecule has 1 N–H and O–H groups in total. The fraction of sp³-hybridized carbons (Fsp3) is 0.167. The minimum atomic E-state index is -0.220. The van der Waals surface area contributed by atoms with Crippen LogP contribution in [0.3, 0.4) is 0 Å². The third kappa shape index (κ3) is 3.15. The average molecular weight is 371 g/mol. The van der Waals surface area contributed by atoms with Crippen LogP contribution in [0.5, 0.6) is 0 Å². The molecular formula is C18H15ClN4OS. The highest BCUT2D eigenvalue weighted by molar-refractivity contribution is 8.13. The topological polar surface area (TPSA) is 57.1 Å². The summed E-state index contributed by atoms with van der Waals surface area (Å²) in [5.74, 6) is 0.546. The minimum absolute atomic E-state index is 0.150. The van der Waals surface area contributed by atoms with Crippen molar-refractivity contribution in [1.29, 1.82) is 0 Å². The third-order valence-electron chi connectivity index (χ3n) is 3.99. The summed E-state index contributed by atoms with van der Waals surface area (Å²) in [6.07, 6.45) is -0.220. The molecule has 0 radical (unpaired) electrons. The zero-order chi connectivity index (χ0) is 17.4. The SMILES string of the molecule is C[C@H]1N=c2ccccc2=C2C(=O)NC(SCc3ccc(Cl)cc3)=NN21. The summed E-state index contributed by atoms with van der Waals surface area (Å²) in [6.45, 7) is 1.93. The molecule has 2 aliphatic heterocycles. The molecule has 25 heavy (non-hydrogen) atoms. The number of carbonyl (C=O) groups excluding carboxylic acids is 1. The Morgan fingerprint density at radius 3 is 2.76 bits per heavy atom. The Balaban J connectivity index is 1.63. The number of hydrogen-bond acceptors (Lipinski definition) is 5. The van der Waals surface area contributed by atoms with Gasteiger partial charge in [0, 0.05) is 16.0 Å². The Morgan fingerprint density at radius 1 is 1.20 bits per heavy atom. The molecule has 2 heterocycles. The summed E-state index contributed by atoms with van der Waals surface area (Å²) in [4.78, 5) is 17.3. The maximum Gasteiger partial charge on any atom is 0.276 e. The van der Waals surface area contributed by atoms with Crippen molar-refractivity contribution < 1.29 is 4.79 Å². The molecule has 0 saturated carbocycles. The fourth-order valence-corrected chi connectivity index (χ4v) is 3.72. The van der Waals surface area contributed by atoms with E-state index in [9.17, 15) is 4.79 Å². The van der Waals surface area contributed by atoms with Gasteiger partial charge < -0.3 is 0 Å². The first kappa shape index (κ1) is 16.2. The van der Waals surface area contributed by atoms with E-state index in [0.717, 1.165) is 16.1 Å². The van der Waals surface area contributed by atoms with Crippen molar-refractivity contribution in [3.63, 3.8) is 0 Å². The van der Waals surface area contributed by atoms with E-state index in [2.05, 4.69) is 15.4 Å². The van der Waals surface area contributed by atoms with Crippen LogP contribution in [0.2, 0.25) is 5.02 Å². The van der Waals surface area contributed by atoms with Crippen LogP contribution in [-0.4, -0.2) is 22.2 Å². The van der Waals surface area contributed by atoms with Gasteiger partial charge in [0.2, 0.25) is 0 Å². The molecule has 0 unspecified atom stereocenters. The van der Waals surface area contributed by atoms with E-state index in [1.54, 1.807) is 5.01 Å². The molecule has 1 atom stereocenters. The summed E-state index contributed by atoms with van der Waals surface area (Å²) >= 11 is 7.38. The molecule has 0 aliphatic carbocycles. The third-order valence-corrected chi connectivity index (χ3v) is 5.18. The van der Waals surface area contributed by atoms with Crippen molar-refractivity contribution in [1.82, 2.24) is 10.3 Å². The Bertz CT molecular complexity index is 987. The van der Waals surface area contributed by atoms with Gasteiger partial charge in [-0.05, 0) is 30.7 Å². The number of fused-ring (bicyclic) bond motifs is 2. The van der Waals surface area contributed by atoms with Gasteiger partial charge >= 0.3 is 0 Å². The second-order valence-corrected chi connectivity index (χ2v) is 7.15. The Morgan fingerprint density at radius 2 is 1.96 bits per heavy atom. The van der Waals surface area contributed by atoms with Crippen LogP contribution in [0.4, 0.5) is 0 Å². The number of nitrogens with one attached hydrogen (secondary N) is 1. The standard InChI is InChI=1S/C18H15ClN4OS/c1-11-20-15-5-3-2-4-14(15)16-17(24)21-18(22-23(11)16)25-10-12-6-8-13(19)9-7-12/h2-9,11H,10H2,1H3,(H,21,22,24)/t11-/m0/s1. The van der Waals surface area contributed by atoms with Gasteiger partial charge in [-0.15, -0.1) is 5.10 Å². The van der Waals surface area contributed by atoms with Gasteiger partial charge in [-0.1, -0.05) is 53.7 Å². The number of benzene rings is 2. The van der Waals surface area contributed by atoms with Gasteiger partial charge in [-0.25, -0.2) is 5.01 Å². The Kier molecular flexibility index (Phi) is 4.23. The van der Waals surface area contributed by atoms with E-state index in [4.69, 9.17) is 11.6 Å². The average Bonchev–Trinajstić information content (AvgIpc) is 2.61. The van der Waals surface area contributed by atoms with Gasteiger partial charge in [-0.2, -0.15) is 0 Å². The number of hydrazone groups is 1. The molecule has 0 aromatic heterocycles. The second kappa shape index (κ2) is 6.54. The smallest absolute Gasteiger partial charge is 0.276 e. The number of thioether (sulfide) groups is 1. The molecule has 5 nitrogen and oxygen atoms in total. The van der Waals surface area contributed by atoms with Crippen LogP contribution in [0.25, 0.3) is 5.70 Å². The Labute approximate surface area is 154 Å². The molecule has 7 heteroatoms. The number of nitrogens with zero attached hydrogens (tertiary/aromatic N) is 3. The molecular weight excluding hydrogens is 356 g/mol. The van der Waals surface area contributed by atoms with Crippen molar-refractivity contribution in [3.05, 3.63) is 69.7 Å². The molecule has 126 valence electrons. The first-order valence-corrected chi connectivity index (χ1v) is 9.22. The largest absolute Gasteiger partial charge is 0.298 e. The summed E-state index contributed by atoms with van der Waals surface area (Å²) < 4.78 is 0. The molecule has 2 aromatic rings. The highest BCUT2D eigenvalue weighted by Crippen LogP contribution is 2.22. The molecule has 1 amide bonds. The van der Waals surface area contributed by atoms with E-state index < -0.39 is 0 Å². The van der Waals surface area contributed by atoms with Crippen LogP contribution in [0.15, 0.2) is 58.6 Å². The van der Waals surface area contributed by atoms with Gasteiger partial charge in [0.15, 0.2) is 5.17 Å². The number of carbonyl (C=O) groups is 1. The van der Waals surface area contributed by atoms with Gasteiger partial charge in [0.05, 0.1) is 5.36 Å². The predicted octanol–water partition coefficient (Wildman–Crippen LogP) is 2.06. The highest BCUT2D eigenvalue weighted by atomic mass is 35.5. The van der Waals surface area contributed by atoms with E-state index >= 15 is 0 Å². The van der Waals surface area contributed by atoms with Crippen molar-refractivity contribution >= 4 is 40.1 Å². The number of amidine groups is 1. The lowest BCUT2D eigenvalue weighted by Crippen LogP contribution is -2.51. The summed E-state index contributed by atoms with van der Waals surface area (Å²) in [5, 5.41) is 12.1. The van der Waals surface area contributed by atoms with Crippen LogP contribution in [0, 0.1) is 0 Å². The predicted molar refractivity (Wildman–Crippen MR) is 100 cm³/mol. The molecule has 0 saturated heterocycles. The number of halogens is 1. The van der Waals surface area contributed by atoms with Crippen molar-refractivity contribution in [3.8, 4) is 0 Å². The quantitative estimate of drug-likeness (QED) is 0.880. The van der Waals surface area contributed by atoms with E-state index in [1.807, 2.05) is 55.5 Å². The van der Waals surface area contributed by atoms with Crippen LogP contribution >= 0.6 is 23.4 Å². The molecule has 0 bridgehead atoms. The van der Waals surface area contributed by atoms with Crippen molar-refractivity contribution in [2.75, 3.05) is 0 Å². The van der Waals surface area contributed by atoms with Crippen molar-refractivity contribution in [2.45, 2.75) is 18.8 Å². The van der Waals surface area contributed by atoms with Crippen LogP contribution in [-0.2, 0) is 10.5 Å². The number of para-hydroxylation sites is 1. The highest BCUT2D eigenvalue weighted by Gasteiger charge is 2.31. The molecule has 0 spiro atoms. The van der Waals surface area contributed by atoms with E-state index in [-0.39, 0.29) is 12.1 Å². The summed E-state index contributed by atoms with van der Waals surface area (Å²) in [6, 6.07) is 15.3. The van der Waals surface area contributed by atoms with Crippen LogP contribution < -0.4 is 15.9 Å². The second-order valence-electron chi connectivity index (χ2n) is 5.75. The van der Waals surface area contributed by atoms with E-state index in [0.29, 0.717) is 21.6 Å². The maximum absolute atomic E-state index is 12.7. The molecule has 2 aromatic carbocycles. The van der Waals surface area contributed by atoms with Gasteiger partial charge in [-0.3, -0.25) is 15.1 Å². The molecule has 0 fully saturated rings.